The number of amides is 2. The molecule has 0 aliphatic heterocycles. The fourth-order valence-electron chi connectivity index (χ4n) is 4.44. The molecule has 0 fully saturated rings. The first-order valence-electron chi connectivity index (χ1n) is 15.0. The zero-order valence-electron chi connectivity index (χ0n) is 25.5. The molecule has 230 valence electrons. The Bertz CT molecular complexity index is 946. The van der Waals surface area contributed by atoms with Crippen molar-refractivity contribution in [1.29, 1.82) is 0 Å². The van der Waals surface area contributed by atoms with Gasteiger partial charge in [-0.1, -0.05) is 63.8 Å². The average molecular weight is 575 g/mol. The van der Waals surface area contributed by atoms with Crippen molar-refractivity contribution < 1.29 is 33.4 Å². The summed E-state index contributed by atoms with van der Waals surface area (Å²) < 4.78 is 10.6. The summed E-state index contributed by atoms with van der Waals surface area (Å²) in [5.74, 6) is 0.0580. The number of alkyl carbamates (subject to hydrolysis) is 1. The zero-order valence-corrected chi connectivity index (χ0v) is 25.5. The van der Waals surface area contributed by atoms with Crippen LogP contribution in [0.15, 0.2) is 24.3 Å². The van der Waals surface area contributed by atoms with Crippen LogP contribution in [-0.2, 0) is 41.6 Å². The minimum Gasteiger partial charge on any atom is -0.449 e. The van der Waals surface area contributed by atoms with Crippen LogP contribution in [0.1, 0.15) is 96.1 Å². The molecule has 1 aromatic rings. The largest absolute Gasteiger partial charge is 0.449 e. The van der Waals surface area contributed by atoms with Crippen molar-refractivity contribution in [1.82, 2.24) is 10.2 Å². The van der Waals surface area contributed by atoms with Crippen LogP contribution in [0.5, 0.6) is 0 Å². The second kappa shape index (κ2) is 21.6. The lowest BCUT2D eigenvalue weighted by Crippen LogP contribution is -2.30. The molecular formula is C32H50N2O7. The monoisotopic (exact) mass is 574 g/mol. The first-order valence-corrected chi connectivity index (χ1v) is 15.0. The van der Waals surface area contributed by atoms with Gasteiger partial charge in [0, 0.05) is 45.3 Å². The molecule has 1 N–H and O–H groups in total. The zero-order chi connectivity index (χ0) is 30.5. The van der Waals surface area contributed by atoms with Gasteiger partial charge in [-0.25, -0.2) is 4.79 Å². The molecule has 1 unspecified atom stereocenters. The molecule has 0 bridgehead atoms. The van der Waals surface area contributed by atoms with E-state index in [0.29, 0.717) is 38.3 Å². The topological polar surface area (TPSA) is 119 Å². The number of benzene rings is 1. The number of rotatable bonds is 23. The van der Waals surface area contributed by atoms with Crippen molar-refractivity contribution in [3.63, 3.8) is 0 Å². The van der Waals surface area contributed by atoms with Crippen LogP contribution < -0.4 is 5.32 Å². The predicted octanol–water partition coefficient (Wildman–Crippen LogP) is 5.21. The van der Waals surface area contributed by atoms with E-state index in [-0.39, 0.29) is 49.4 Å². The molecule has 0 saturated carbocycles. The summed E-state index contributed by atoms with van der Waals surface area (Å²) in [5.41, 5.74) is 1.75. The number of ether oxygens (including phenoxy) is 2. The van der Waals surface area contributed by atoms with Crippen molar-refractivity contribution in [2.75, 3.05) is 33.4 Å². The van der Waals surface area contributed by atoms with Gasteiger partial charge in [0.25, 0.3) is 0 Å². The molecular weight excluding hydrogens is 524 g/mol. The smallest absolute Gasteiger partial charge is 0.407 e. The Morgan fingerprint density at radius 3 is 2.17 bits per heavy atom. The molecule has 1 rings (SSSR count). The Balaban J connectivity index is 2.13. The molecule has 0 aromatic heterocycles. The highest BCUT2D eigenvalue weighted by Gasteiger charge is 2.16. The number of nitrogens with zero attached hydrogens (tertiary/aromatic N) is 1. The average Bonchev–Trinajstić information content (AvgIpc) is 2.93. The van der Waals surface area contributed by atoms with Crippen LogP contribution >= 0.6 is 0 Å². The first-order chi connectivity index (χ1) is 19.7. The maximum Gasteiger partial charge on any atom is 0.407 e. The molecule has 0 aliphatic carbocycles. The summed E-state index contributed by atoms with van der Waals surface area (Å²) in [4.78, 5) is 60.8. The number of likely N-dealkylation sites (N-methyl/N-ethyl adjacent to an activating group) is 1. The highest BCUT2D eigenvalue weighted by Crippen LogP contribution is 2.19. The minimum absolute atomic E-state index is 0.0535. The van der Waals surface area contributed by atoms with Crippen LogP contribution in [0.25, 0.3) is 0 Å². The standard InChI is InChI=1S/C32H50N2O7/c1-5-7-8-12-28(30(37)6-2)13-9-10-18-33-32(39)41-20-11-19-40-24-31(38)34(4)23-27-16-14-26(15-17-27)22-29(36)21-25(3)35/h14-17,28H,5-13,18-24H2,1-4H3,(H,33,39). The van der Waals surface area contributed by atoms with Crippen molar-refractivity contribution in [2.45, 2.75) is 97.9 Å². The highest BCUT2D eigenvalue weighted by atomic mass is 16.5. The quantitative estimate of drug-likeness (QED) is 0.141. The van der Waals surface area contributed by atoms with Gasteiger partial charge in [0.15, 0.2) is 0 Å². The second-order valence-corrected chi connectivity index (χ2v) is 10.6. The van der Waals surface area contributed by atoms with E-state index in [1.807, 2.05) is 31.2 Å². The fraction of sp³-hybridized carbons (Fsp3) is 0.656. The van der Waals surface area contributed by atoms with Crippen molar-refractivity contribution >= 4 is 29.4 Å². The normalized spacial score (nSPS) is 11.5. The molecule has 9 heteroatoms. The molecule has 41 heavy (non-hydrogen) atoms. The molecule has 0 saturated heterocycles. The molecule has 2 amide bonds. The summed E-state index contributed by atoms with van der Waals surface area (Å²) in [6.07, 6.45) is 7.69. The van der Waals surface area contributed by atoms with E-state index in [2.05, 4.69) is 12.2 Å². The molecule has 9 nitrogen and oxygen atoms in total. The van der Waals surface area contributed by atoms with Gasteiger partial charge < -0.3 is 19.7 Å². The van der Waals surface area contributed by atoms with Crippen LogP contribution in [0.2, 0.25) is 0 Å². The van der Waals surface area contributed by atoms with Gasteiger partial charge in [-0.2, -0.15) is 0 Å². The van der Waals surface area contributed by atoms with E-state index < -0.39 is 6.09 Å². The van der Waals surface area contributed by atoms with Gasteiger partial charge >= 0.3 is 6.09 Å². The number of unbranched alkanes of at least 4 members (excludes halogenated alkanes) is 3. The van der Waals surface area contributed by atoms with Gasteiger partial charge in [0.2, 0.25) is 5.91 Å². The van der Waals surface area contributed by atoms with Gasteiger partial charge in [-0.15, -0.1) is 0 Å². The molecule has 1 aromatic carbocycles. The predicted molar refractivity (Wildman–Crippen MR) is 158 cm³/mol. The number of hydrogen-bond acceptors (Lipinski definition) is 7. The lowest BCUT2D eigenvalue weighted by atomic mass is 9.90. The Morgan fingerprint density at radius 2 is 1.54 bits per heavy atom. The van der Waals surface area contributed by atoms with Crippen LogP contribution in [0.3, 0.4) is 0 Å². The molecule has 0 aliphatic rings. The number of carbonyl (C=O) groups excluding carboxylic acids is 5. The van der Waals surface area contributed by atoms with Crippen LogP contribution in [0, 0.1) is 5.92 Å². The van der Waals surface area contributed by atoms with E-state index >= 15 is 0 Å². The summed E-state index contributed by atoms with van der Waals surface area (Å²) in [6, 6.07) is 7.39. The lowest BCUT2D eigenvalue weighted by molar-refractivity contribution is -0.135. The summed E-state index contributed by atoms with van der Waals surface area (Å²) >= 11 is 0. The fourth-order valence-corrected chi connectivity index (χ4v) is 4.44. The maximum atomic E-state index is 12.3. The molecule has 0 heterocycles. The first kappa shape index (κ1) is 36.0. The van der Waals surface area contributed by atoms with E-state index in [9.17, 15) is 24.0 Å². The van der Waals surface area contributed by atoms with E-state index in [1.54, 1.807) is 11.9 Å². The number of carbonyl (C=O) groups is 5. The molecule has 0 spiro atoms. The van der Waals surface area contributed by atoms with Gasteiger partial charge in [-0.05, 0) is 37.3 Å². The Kier molecular flexibility index (Phi) is 19.0. The highest BCUT2D eigenvalue weighted by molar-refractivity contribution is 5.98. The Morgan fingerprint density at radius 1 is 0.878 bits per heavy atom. The number of nitrogens with one attached hydrogen (secondary N) is 1. The number of ketones is 3. The Hall–Kier alpha value is -3.07. The van der Waals surface area contributed by atoms with E-state index in [1.165, 1.54) is 6.92 Å². The third kappa shape index (κ3) is 17.4. The summed E-state index contributed by atoms with van der Waals surface area (Å²) in [5, 5.41) is 2.74. The molecule has 0 radical (unpaired) electrons. The van der Waals surface area contributed by atoms with Crippen LogP contribution in [-0.4, -0.2) is 67.7 Å². The maximum absolute atomic E-state index is 12.3. The van der Waals surface area contributed by atoms with E-state index in [4.69, 9.17) is 9.47 Å². The Labute approximate surface area is 245 Å². The van der Waals surface area contributed by atoms with Crippen molar-refractivity contribution in [3.05, 3.63) is 35.4 Å². The third-order valence-corrected chi connectivity index (χ3v) is 6.82. The SMILES string of the molecule is CCCCCC(CCCCNC(=O)OCCCOCC(=O)N(C)Cc1ccc(CC(=O)CC(C)=O)cc1)C(=O)CC. The van der Waals surface area contributed by atoms with Crippen molar-refractivity contribution in [3.8, 4) is 0 Å². The van der Waals surface area contributed by atoms with Crippen LogP contribution in [0.4, 0.5) is 4.79 Å². The number of Topliss-reactive ketones (excluding diaryl/α,β-unsaturated/α-hetero) is 3. The number of hydrogen-bond donors (Lipinski definition) is 1. The van der Waals surface area contributed by atoms with Gasteiger partial charge in [0.1, 0.15) is 24.0 Å². The minimum atomic E-state index is -0.473. The lowest BCUT2D eigenvalue weighted by Gasteiger charge is -2.17. The molecule has 1 atom stereocenters. The summed E-state index contributed by atoms with van der Waals surface area (Å²) in [6.45, 7) is 6.82. The third-order valence-electron chi connectivity index (χ3n) is 6.82. The van der Waals surface area contributed by atoms with Gasteiger partial charge in [-0.3, -0.25) is 19.2 Å². The summed E-state index contributed by atoms with van der Waals surface area (Å²) in [7, 11) is 1.69. The second-order valence-electron chi connectivity index (χ2n) is 10.6. The van der Waals surface area contributed by atoms with Crippen molar-refractivity contribution in [2.24, 2.45) is 5.92 Å². The van der Waals surface area contributed by atoms with Gasteiger partial charge in [0.05, 0.1) is 19.6 Å². The van der Waals surface area contributed by atoms with E-state index in [0.717, 1.165) is 56.1 Å².